The lowest BCUT2D eigenvalue weighted by molar-refractivity contribution is -0.119. The number of amides is 1. The Morgan fingerprint density at radius 3 is 2.09 bits per heavy atom. The highest BCUT2D eigenvalue weighted by atomic mass is 32.2. The van der Waals surface area contributed by atoms with E-state index in [4.69, 9.17) is 9.47 Å². The summed E-state index contributed by atoms with van der Waals surface area (Å²) in [6.07, 6.45) is 0.0750. The number of nitrogens with zero attached hydrogens (tertiary/aromatic N) is 1. The van der Waals surface area contributed by atoms with Crippen LogP contribution in [0.3, 0.4) is 0 Å². The lowest BCUT2D eigenvalue weighted by Gasteiger charge is -2.24. The van der Waals surface area contributed by atoms with Gasteiger partial charge in [-0.25, -0.2) is 8.42 Å². The van der Waals surface area contributed by atoms with E-state index >= 15 is 0 Å². The van der Waals surface area contributed by atoms with E-state index in [9.17, 15) is 13.2 Å². The zero-order chi connectivity index (χ0) is 23.8. The van der Waals surface area contributed by atoms with Gasteiger partial charge in [0, 0.05) is 6.54 Å². The number of methoxy groups -OCH3 is 1. The fourth-order valence-corrected chi connectivity index (χ4v) is 4.57. The van der Waals surface area contributed by atoms with E-state index in [0.717, 1.165) is 15.6 Å². The molecule has 0 bridgehead atoms. The molecule has 0 atom stereocenters. The van der Waals surface area contributed by atoms with Crippen molar-refractivity contribution >= 4 is 21.6 Å². The molecule has 0 heterocycles. The molecule has 33 heavy (non-hydrogen) atoms. The van der Waals surface area contributed by atoms with Gasteiger partial charge in [0.1, 0.15) is 18.0 Å². The van der Waals surface area contributed by atoms with Crippen LogP contribution < -0.4 is 19.1 Å². The Kier molecular flexibility index (Phi) is 7.95. The normalized spacial score (nSPS) is 11.2. The Hall–Kier alpha value is -3.52. The highest BCUT2D eigenvalue weighted by Crippen LogP contribution is 2.25. The van der Waals surface area contributed by atoms with Gasteiger partial charge in [-0.3, -0.25) is 9.10 Å². The van der Waals surface area contributed by atoms with E-state index in [0.29, 0.717) is 11.4 Å². The number of ether oxygens (including phenoxy) is 2. The highest BCUT2D eigenvalue weighted by Gasteiger charge is 2.27. The molecule has 3 aromatic carbocycles. The minimum absolute atomic E-state index is 0.0750. The van der Waals surface area contributed by atoms with Gasteiger partial charge in [-0.15, -0.1) is 0 Å². The number of hydrogen-bond donors (Lipinski definition) is 1. The molecular weight excluding hydrogens is 440 g/mol. The molecular formula is C25H28N2O5S. The van der Waals surface area contributed by atoms with Crippen molar-refractivity contribution in [2.24, 2.45) is 0 Å². The first-order chi connectivity index (χ1) is 15.8. The van der Waals surface area contributed by atoms with Crippen molar-refractivity contribution in [1.82, 2.24) is 5.32 Å². The summed E-state index contributed by atoms with van der Waals surface area (Å²) in [5.74, 6) is 0.915. The van der Waals surface area contributed by atoms with E-state index in [1.54, 1.807) is 42.5 Å². The molecule has 3 rings (SSSR count). The molecule has 0 aliphatic heterocycles. The van der Waals surface area contributed by atoms with E-state index in [1.807, 2.05) is 38.1 Å². The number of carbonyl (C=O) groups excluding carboxylic acids is 1. The van der Waals surface area contributed by atoms with Crippen molar-refractivity contribution < 1.29 is 22.7 Å². The third-order valence-corrected chi connectivity index (χ3v) is 6.55. The number of carbonyl (C=O) groups is 1. The first kappa shape index (κ1) is 24.1. The van der Waals surface area contributed by atoms with Crippen LogP contribution in [0.5, 0.6) is 11.5 Å². The number of benzene rings is 3. The maximum absolute atomic E-state index is 13.3. The maximum Gasteiger partial charge on any atom is 0.264 e. The average Bonchev–Trinajstić information content (AvgIpc) is 2.82. The molecule has 174 valence electrons. The second-order valence-electron chi connectivity index (χ2n) is 7.61. The summed E-state index contributed by atoms with van der Waals surface area (Å²) < 4.78 is 38.5. The van der Waals surface area contributed by atoms with Gasteiger partial charge < -0.3 is 14.8 Å². The molecule has 0 spiro atoms. The van der Waals surface area contributed by atoms with E-state index in [-0.39, 0.29) is 24.1 Å². The average molecular weight is 469 g/mol. The van der Waals surface area contributed by atoms with E-state index in [2.05, 4.69) is 5.32 Å². The molecule has 0 radical (unpaired) electrons. The first-order valence-electron chi connectivity index (χ1n) is 10.5. The third kappa shape index (κ3) is 6.49. The predicted molar refractivity (Wildman–Crippen MR) is 128 cm³/mol. The number of anilines is 1. The van der Waals surface area contributed by atoms with Crippen molar-refractivity contribution in [2.75, 3.05) is 18.0 Å². The fraction of sp³-hybridized carbons (Fsp3) is 0.240. The summed E-state index contributed by atoms with van der Waals surface area (Å²) in [6.45, 7) is 3.80. The van der Waals surface area contributed by atoms with Gasteiger partial charge in [-0.1, -0.05) is 30.3 Å². The molecule has 3 aromatic rings. The molecule has 0 aromatic heterocycles. The van der Waals surface area contributed by atoms with Gasteiger partial charge in [0.2, 0.25) is 5.91 Å². The minimum atomic E-state index is -3.95. The smallest absolute Gasteiger partial charge is 0.264 e. The van der Waals surface area contributed by atoms with E-state index in [1.165, 1.54) is 19.2 Å². The van der Waals surface area contributed by atoms with Crippen LogP contribution in [-0.2, 0) is 21.4 Å². The van der Waals surface area contributed by atoms with Gasteiger partial charge >= 0.3 is 0 Å². The predicted octanol–water partition coefficient (Wildman–Crippen LogP) is 3.99. The topological polar surface area (TPSA) is 84.9 Å². The summed E-state index contributed by atoms with van der Waals surface area (Å²) >= 11 is 0. The quantitative estimate of drug-likeness (QED) is 0.486. The zero-order valence-electron chi connectivity index (χ0n) is 18.9. The van der Waals surface area contributed by atoms with Crippen molar-refractivity contribution in [2.45, 2.75) is 31.4 Å². The number of sulfonamides is 1. The van der Waals surface area contributed by atoms with Gasteiger partial charge in [0.15, 0.2) is 0 Å². The van der Waals surface area contributed by atoms with Crippen LogP contribution in [0.2, 0.25) is 0 Å². The van der Waals surface area contributed by atoms with Gasteiger partial charge in [-0.05, 0) is 67.9 Å². The lowest BCUT2D eigenvalue weighted by atomic mass is 10.2. The number of rotatable bonds is 10. The SMILES string of the molecule is COc1ccc(N(CC(=O)NCc2ccc(OC(C)C)cc2)S(=O)(=O)c2ccccc2)cc1. The highest BCUT2D eigenvalue weighted by molar-refractivity contribution is 7.92. The van der Waals surface area contributed by atoms with Crippen molar-refractivity contribution in [3.8, 4) is 11.5 Å². The second kappa shape index (κ2) is 10.9. The van der Waals surface area contributed by atoms with Crippen LogP contribution in [0.15, 0.2) is 83.8 Å². The molecule has 0 saturated heterocycles. The molecule has 0 aliphatic rings. The summed E-state index contributed by atoms with van der Waals surface area (Å²) in [5.41, 5.74) is 1.24. The summed E-state index contributed by atoms with van der Waals surface area (Å²) in [4.78, 5) is 12.9. The lowest BCUT2D eigenvalue weighted by Crippen LogP contribution is -2.40. The number of hydrogen-bond acceptors (Lipinski definition) is 5. The molecule has 8 heteroatoms. The van der Waals surface area contributed by atoms with Gasteiger partial charge in [-0.2, -0.15) is 0 Å². The zero-order valence-corrected chi connectivity index (χ0v) is 19.7. The molecule has 1 N–H and O–H groups in total. The van der Waals surface area contributed by atoms with Crippen LogP contribution >= 0.6 is 0 Å². The van der Waals surface area contributed by atoms with Crippen molar-refractivity contribution in [3.05, 3.63) is 84.4 Å². The minimum Gasteiger partial charge on any atom is -0.497 e. The Balaban J connectivity index is 1.76. The Labute approximate surface area is 195 Å². The third-order valence-electron chi connectivity index (χ3n) is 4.76. The van der Waals surface area contributed by atoms with Crippen molar-refractivity contribution in [3.63, 3.8) is 0 Å². The molecule has 0 saturated carbocycles. The molecule has 0 aliphatic carbocycles. The van der Waals surface area contributed by atoms with Crippen LogP contribution in [0.1, 0.15) is 19.4 Å². The summed E-state index contributed by atoms with van der Waals surface area (Å²) in [7, 11) is -2.42. The monoisotopic (exact) mass is 468 g/mol. The summed E-state index contributed by atoms with van der Waals surface area (Å²) in [5, 5.41) is 2.79. The Bertz CT molecular complexity index is 1150. The molecule has 1 amide bonds. The van der Waals surface area contributed by atoms with Crippen molar-refractivity contribution in [1.29, 1.82) is 0 Å². The fourth-order valence-electron chi connectivity index (χ4n) is 3.13. The maximum atomic E-state index is 13.3. The van der Waals surface area contributed by atoms with Crippen LogP contribution in [0.4, 0.5) is 5.69 Å². The Morgan fingerprint density at radius 2 is 1.52 bits per heavy atom. The molecule has 0 unspecified atom stereocenters. The standard InChI is InChI=1S/C25H28N2O5S/c1-19(2)32-23-13-9-20(10-14-23)17-26-25(28)18-27(21-11-15-22(31-3)16-12-21)33(29,30)24-7-5-4-6-8-24/h4-16,19H,17-18H2,1-3H3,(H,26,28). The first-order valence-corrected chi connectivity index (χ1v) is 12.0. The van der Waals surface area contributed by atoms with Crippen LogP contribution in [0.25, 0.3) is 0 Å². The number of nitrogens with one attached hydrogen (secondary N) is 1. The largest absolute Gasteiger partial charge is 0.497 e. The van der Waals surface area contributed by atoms with Gasteiger partial charge in [0.25, 0.3) is 10.0 Å². The van der Waals surface area contributed by atoms with Crippen LogP contribution in [-0.4, -0.2) is 34.1 Å². The second-order valence-corrected chi connectivity index (χ2v) is 9.47. The van der Waals surface area contributed by atoms with Gasteiger partial charge in [0.05, 0.1) is 23.8 Å². The Morgan fingerprint density at radius 1 is 0.909 bits per heavy atom. The molecule has 7 nitrogen and oxygen atoms in total. The van der Waals surface area contributed by atoms with Crippen LogP contribution in [0, 0.1) is 0 Å². The van der Waals surface area contributed by atoms with E-state index < -0.39 is 15.9 Å². The summed E-state index contributed by atoms with van der Waals surface area (Å²) in [6, 6.07) is 22.0. The molecule has 0 fully saturated rings.